The normalized spacial score (nSPS) is 13.9. The second-order valence-electron chi connectivity index (χ2n) is 17.9. The van der Waals surface area contributed by atoms with Gasteiger partial charge in [-0.25, -0.2) is 0 Å². The maximum absolute atomic E-state index is 6.26. The number of para-hydroxylation sites is 3. The van der Waals surface area contributed by atoms with Crippen molar-refractivity contribution >= 4 is 87.5 Å². The first-order valence-electron chi connectivity index (χ1n) is 22.8. The van der Waals surface area contributed by atoms with E-state index in [0.29, 0.717) is 5.92 Å². The molecule has 4 aromatic heterocycles. The molecule has 4 nitrogen and oxygen atoms in total. The third-order valence-corrected chi connectivity index (χ3v) is 14.3. The Hall–Kier alpha value is -7.82. The van der Waals surface area contributed by atoms with Crippen LogP contribution in [0.15, 0.2) is 197 Å². The van der Waals surface area contributed by atoms with Gasteiger partial charge in [0.05, 0.1) is 22.1 Å². The molecular formula is C60H42N2O2. The fourth-order valence-corrected chi connectivity index (χ4v) is 11.2. The third kappa shape index (κ3) is 5.42. The molecular weight excluding hydrogens is 781 g/mol. The van der Waals surface area contributed by atoms with E-state index in [1.54, 1.807) is 0 Å². The SMILES string of the molecule is c1cc(-c2ccc3oc4ccccc4c3c2)cc(-n2c3ccccc3c3cc(-c4ccc5c(c4)c4cc(C6CCCCC6)ccc4n5-c4ccc5oc6ccccc6c5c4)ccc32)c1. The van der Waals surface area contributed by atoms with E-state index in [-0.39, 0.29) is 0 Å². The van der Waals surface area contributed by atoms with Crippen molar-refractivity contribution in [2.45, 2.75) is 38.0 Å². The lowest BCUT2D eigenvalue weighted by Gasteiger charge is -2.22. The summed E-state index contributed by atoms with van der Waals surface area (Å²) < 4.78 is 17.3. The van der Waals surface area contributed by atoms with Gasteiger partial charge in [0.25, 0.3) is 0 Å². The molecule has 14 rings (SSSR count). The van der Waals surface area contributed by atoms with E-state index in [0.717, 1.165) is 55.3 Å². The van der Waals surface area contributed by atoms with Crippen molar-refractivity contribution in [3.05, 3.63) is 194 Å². The van der Waals surface area contributed by atoms with Crippen LogP contribution in [0.3, 0.4) is 0 Å². The molecule has 0 unspecified atom stereocenters. The Bertz CT molecular complexity index is 4020. The van der Waals surface area contributed by atoms with Gasteiger partial charge in [-0.15, -0.1) is 0 Å². The van der Waals surface area contributed by atoms with Crippen LogP contribution in [-0.2, 0) is 0 Å². The molecule has 0 atom stereocenters. The van der Waals surface area contributed by atoms with Crippen LogP contribution in [0, 0.1) is 0 Å². The summed E-state index contributed by atoms with van der Waals surface area (Å²) in [6.45, 7) is 0. The minimum absolute atomic E-state index is 0.620. The molecule has 0 N–H and O–H groups in total. The summed E-state index contributed by atoms with van der Waals surface area (Å²) in [6.07, 6.45) is 6.53. The van der Waals surface area contributed by atoms with Crippen LogP contribution >= 0.6 is 0 Å². The standard InChI is InChI=1S/C60H42N2O2/c1-2-11-37(12-3-1)39-21-26-55-49(32-39)50-34-41(23-28-56(50)62(55)44-25-30-60-52(36-44)47-17-6-9-20-58(47)64-60)40-22-27-54-48(33-40)45-15-4-7-18-53(45)61(54)43-14-10-13-38(31-43)42-24-29-59-51(35-42)46-16-5-8-19-57(46)63-59/h4-10,13-37H,1-3,11-12H2. The summed E-state index contributed by atoms with van der Waals surface area (Å²) in [4.78, 5) is 0. The van der Waals surface area contributed by atoms with Crippen molar-refractivity contribution in [3.63, 3.8) is 0 Å². The minimum Gasteiger partial charge on any atom is -0.456 e. The van der Waals surface area contributed by atoms with Crippen LogP contribution in [0.25, 0.3) is 121 Å². The van der Waals surface area contributed by atoms with Crippen molar-refractivity contribution in [1.82, 2.24) is 9.13 Å². The van der Waals surface area contributed by atoms with Gasteiger partial charge in [0.15, 0.2) is 0 Å². The predicted molar refractivity (Wildman–Crippen MR) is 266 cm³/mol. The first-order chi connectivity index (χ1) is 31.7. The van der Waals surface area contributed by atoms with Crippen molar-refractivity contribution in [2.75, 3.05) is 0 Å². The van der Waals surface area contributed by atoms with Crippen LogP contribution in [0.1, 0.15) is 43.6 Å². The van der Waals surface area contributed by atoms with Crippen LogP contribution in [0.5, 0.6) is 0 Å². The summed E-state index contributed by atoms with van der Waals surface area (Å²) >= 11 is 0. The number of hydrogen-bond acceptors (Lipinski definition) is 2. The molecule has 0 amide bonds. The van der Waals surface area contributed by atoms with Crippen molar-refractivity contribution in [3.8, 4) is 33.6 Å². The summed E-state index contributed by atoms with van der Waals surface area (Å²) in [5, 5.41) is 9.65. The lowest BCUT2D eigenvalue weighted by molar-refractivity contribution is 0.444. The fraction of sp³-hybridized carbons (Fsp3) is 0.100. The molecule has 9 aromatic carbocycles. The first-order valence-corrected chi connectivity index (χ1v) is 22.8. The van der Waals surface area contributed by atoms with Gasteiger partial charge in [0.2, 0.25) is 0 Å². The number of benzene rings is 9. The number of furan rings is 2. The second kappa shape index (κ2) is 13.8. The van der Waals surface area contributed by atoms with E-state index in [9.17, 15) is 0 Å². The van der Waals surface area contributed by atoms with Gasteiger partial charge in [0.1, 0.15) is 22.3 Å². The van der Waals surface area contributed by atoms with Gasteiger partial charge >= 0.3 is 0 Å². The van der Waals surface area contributed by atoms with Gasteiger partial charge in [-0.2, -0.15) is 0 Å². The molecule has 1 fully saturated rings. The van der Waals surface area contributed by atoms with Crippen LogP contribution < -0.4 is 0 Å². The third-order valence-electron chi connectivity index (χ3n) is 14.3. The average Bonchev–Trinajstić information content (AvgIpc) is 4.11. The number of fused-ring (bicyclic) bond motifs is 12. The van der Waals surface area contributed by atoms with Crippen LogP contribution in [-0.4, -0.2) is 9.13 Å². The van der Waals surface area contributed by atoms with Crippen molar-refractivity contribution in [2.24, 2.45) is 0 Å². The highest BCUT2D eigenvalue weighted by Crippen LogP contribution is 2.42. The molecule has 0 aliphatic heterocycles. The number of rotatable bonds is 5. The number of nitrogens with zero attached hydrogens (tertiary/aromatic N) is 2. The average molecular weight is 823 g/mol. The molecule has 1 saturated carbocycles. The highest BCUT2D eigenvalue weighted by Gasteiger charge is 2.21. The second-order valence-corrected chi connectivity index (χ2v) is 17.9. The zero-order chi connectivity index (χ0) is 41.9. The van der Waals surface area contributed by atoms with Gasteiger partial charge < -0.3 is 18.0 Å². The van der Waals surface area contributed by atoms with E-state index in [1.807, 2.05) is 18.2 Å². The monoisotopic (exact) mass is 822 g/mol. The van der Waals surface area contributed by atoms with E-state index >= 15 is 0 Å². The molecule has 1 aliphatic rings. The zero-order valence-electron chi connectivity index (χ0n) is 35.2. The minimum atomic E-state index is 0.620. The topological polar surface area (TPSA) is 36.1 Å². The van der Waals surface area contributed by atoms with Crippen LogP contribution in [0.2, 0.25) is 0 Å². The molecule has 64 heavy (non-hydrogen) atoms. The van der Waals surface area contributed by atoms with E-state index < -0.39 is 0 Å². The molecule has 4 heteroatoms. The quantitative estimate of drug-likeness (QED) is 0.173. The molecule has 0 saturated heterocycles. The summed E-state index contributed by atoms with van der Waals surface area (Å²) in [6, 6.07) is 69.0. The van der Waals surface area contributed by atoms with Gasteiger partial charge in [-0.3, -0.25) is 0 Å². The van der Waals surface area contributed by atoms with Crippen LogP contribution in [0.4, 0.5) is 0 Å². The first kappa shape index (κ1) is 35.7. The maximum Gasteiger partial charge on any atom is 0.135 e. The number of hydrogen-bond donors (Lipinski definition) is 0. The Kier molecular flexibility index (Phi) is 7.73. The summed E-state index contributed by atoms with van der Waals surface area (Å²) in [7, 11) is 0. The fourth-order valence-electron chi connectivity index (χ4n) is 11.2. The molecule has 13 aromatic rings. The molecule has 1 aliphatic carbocycles. The molecule has 0 radical (unpaired) electrons. The van der Waals surface area contributed by atoms with Crippen molar-refractivity contribution in [1.29, 1.82) is 0 Å². The van der Waals surface area contributed by atoms with Crippen molar-refractivity contribution < 1.29 is 8.83 Å². The van der Waals surface area contributed by atoms with E-state index in [4.69, 9.17) is 8.83 Å². The van der Waals surface area contributed by atoms with E-state index in [2.05, 4.69) is 179 Å². The van der Waals surface area contributed by atoms with Gasteiger partial charge in [-0.1, -0.05) is 110 Å². The predicted octanol–water partition coefficient (Wildman–Crippen LogP) is 17.1. The van der Waals surface area contributed by atoms with Gasteiger partial charge in [0, 0.05) is 54.5 Å². The summed E-state index contributed by atoms with van der Waals surface area (Å²) in [5.74, 6) is 0.620. The molecule has 0 bridgehead atoms. The van der Waals surface area contributed by atoms with E-state index in [1.165, 1.54) is 104 Å². The largest absolute Gasteiger partial charge is 0.456 e. The highest BCUT2D eigenvalue weighted by atomic mass is 16.3. The zero-order valence-corrected chi connectivity index (χ0v) is 35.2. The molecule has 304 valence electrons. The Balaban J connectivity index is 0.914. The Morgan fingerprint density at radius 1 is 0.312 bits per heavy atom. The lowest BCUT2D eigenvalue weighted by atomic mass is 9.83. The lowest BCUT2D eigenvalue weighted by Crippen LogP contribution is -2.04. The molecule has 4 heterocycles. The maximum atomic E-state index is 6.26. The Morgan fingerprint density at radius 3 is 1.50 bits per heavy atom. The Labute approximate surface area is 369 Å². The van der Waals surface area contributed by atoms with Gasteiger partial charge in [-0.05, 0) is 144 Å². The number of aromatic nitrogens is 2. The summed E-state index contributed by atoms with van der Waals surface area (Å²) in [5.41, 5.74) is 17.0. The smallest absolute Gasteiger partial charge is 0.135 e. The molecule has 0 spiro atoms. The Morgan fingerprint density at radius 2 is 0.797 bits per heavy atom. The highest BCUT2D eigenvalue weighted by molar-refractivity contribution is 6.14.